The van der Waals surface area contributed by atoms with E-state index in [4.69, 9.17) is 16.3 Å². The summed E-state index contributed by atoms with van der Waals surface area (Å²) in [6.45, 7) is 3.71. The van der Waals surface area contributed by atoms with E-state index in [1.54, 1.807) is 0 Å². The van der Waals surface area contributed by atoms with Crippen molar-refractivity contribution in [1.82, 2.24) is 20.1 Å². The van der Waals surface area contributed by atoms with Gasteiger partial charge in [0.05, 0.1) is 17.3 Å². The Morgan fingerprint density at radius 2 is 2.07 bits per heavy atom. The second-order valence-electron chi connectivity index (χ2n) is 7.97. The SMILES string of the molecule is Clc1ccccc1OCCc1cc(C2CCN(Cc3ccc4[nH]ccc4c3)C2)n[nH]1. The highest BCUT2D eigenvalue weighted by molar-refractivity contribution is 6.32. The van der Waals surface area contributed by atoms with Crippen LogP contribution in [0.2, 0.25) is 5.02 Å². The summed E-state index contributed by atoms with van der Waals surface area (Å²) in [6, 6.07) is 18.6. The molecule has 1 unspecified atom stereocenters. The number of nitrogens with zero attached hydrogens (tertiary/aromatic N) is 2. The van der Waals surface area contributed by atoms with Crippen LogP contribution in [-0.4, -0.2) is 39.8 Å². The molecule has 0 amide bonds. The summed E-state index contributed by atoms with van der Waals surface area (Å²) in [6.07, 6.45) is 3.92. The molecule has 1 saturated heterocycles. The number of nitrogens with one attached hydrogen (secondary N) is 2. The Labute approximate surface area is 181 Å². The minimum atomic E-state index is 0.482. The van der Waals surface area contributed by atoms with E-state index in [0.29, 0.717) is 17.5 Å². The Balaban J connectivity index is 1.14. The zero-order chi connectivity index (χ0) is 20.3. The number of hydrogen-bond donors (Lipinski definition) is 2. The highest BCUT2D eigenvalue weighted by Crippen LogP contribution is 2.28. The molecule has 154 valence electrons. The second-order valence-corrected chi connectivity index (χ2v) is 8.37. The Morgan fingerprint density at radius 1 is 1.13 bits per heavy atom. The van der Waals surface area contributed by atoms with Crippen LogP contribution >= 0.6 is 11.6 Å². The summed E-state index contributed by atoms with van der Waals surface area (Å²) in [5.41, 5.74) is 4.82. The molecule has 0 bridgehead atoms. The first-order valence-electron chi connectivity index (χ1n) is 10.4. The van der Waals surface area contributed by atoms with Crippen LogP contribution in [0.5, 0.6) is 5.75 Å². The second kappa shape index (κ2) is 8.54. The number of rotatable bonds is 7. The highest BCUT2D eigenvalue weighted by atomic mass is 35.5. The number of ether oxygens (including phenoxy) is 1. The van der Waals surface area contributed by atoms with Crippen LogP contribution in [0.4, 0.5) is 0 Å². The topological polar surface area (TPSA) is 56.9 Å². The van der Waals surface area contributed by atoms with Gasteiger partial charge in [-0.05, 0) is 60.3 Å². The Hall–Kier alpha value is -2.76. The summed E-state index contributed by atoms with van der Waals surface area (Å²) in [5, 5.41) is 9.68. The largest absolute Gasteiger partial charge is 0.492 e. The number of aromatic amines is 2. The zero-order valence-electron chi connectivity index (χ0n) is 16.8. The summed E-state index contributed by atoms with van der Waals surface area (Å²) in [4.78, 5) is 5.78. The molecule has 2 aromatic heterocycles. The number of benzene rings is 2. The van der Waals surface area contributed by atoms with Gasteiger partial charge >= 0.3 is 0 Å². The lowest BCUT2D eigenvalue weighted by molar-refractivity contribution is 0.320. The number of aromatic nitrogens is 3. The molecule has 0 spiro atoms. The van der Waals surface area contributed by atoms with Crippen molar-refractivity contribution in [3.63, 3.8) is 0 Å². The van der Waals surface area contributed by atoms with Crippen molar-refractivity contribution in [2.45, 2.75) is 25.3 Å². The van der Waals surface area contributed by atoms with Crippen LogP contribution in [0.1, 0.15) is 29.3 Å². The molecule has 5 rings (SSSR count). The Bertz CT molecular complexity index is 1130. The molecule has 1 aliphatic rings. The zero-order valence-corrected chi connectivity index (χ0v) is 17.5. The molecule has 4 aromatic rings. The maximum Gasteiger partial charge on any atom is 0.137 e. The number of H-pyrrole nitrogens is 2. The maximum absolute atomic E-state index is 6.14. The lowest BCUT2D eigenvalue weighted by Gasteiger charge is -2.15. The van der Waals surface area contributed by atoms with Crippen molar-refractivity contribution < 1.29 is 4.74 Å². The number of likely N-dealkylation sites (tertiary alicyclic amines) is 1. The fourth-order valence-electron chi connectivity index (χ4n) is 4.23. The van der Waals surface area contributed by atoms with E-state index < -0.39 is 0 Å². The molecule has 0 saturated carbocycles. The first-order chi connectivity index (χ1) is 14.7. The Morgan fingerprint density at radius 3 is 3.00 bits per heavy atom. The molecule has 6 heteroatoms. The molecule has 3 heterocycles. The van der Waals surface area contributed by atoms with Gasteiger partial charge in [0, 0.05) is 42.8 Å². The molecule has 1 atom stereocenters. The summed E-state index contributed by atoms with van der Waals surface area (Å²) >= 11 is 6.14. The molecule has 1 aliphatic heterocycles. The summed E-state index contributed by atoms with van der Waals surface area (Å²) in [5.74, 6) is 1.21. The third-order valence-electron chi connectivity index (χ3n) is 5.83. The molecular formula is C24H25ClN4O. The molecule has 0 aliphatic carbocycles. The average Bonchev–Trinajstić information content (AvgIpc) is 3.50. The van der Waals surface area contributed by atoms with Crippen LogP contribution in [-0.2, 0) is 13.0 Å². The smallest absolute Gasteiger partial charge is 0.137 e. The van der Waals surface area contributed by atoms with Crippen molar-refractivity contribution in [2.75, 3.05) is 19.7 Å². The van der Waals surface area contributed by atoms with Crippen LogP contribution < -0.4 is 4.74 Å². The fraction of sp³-hybridized carbons (Fsp3) is 0.292. The van der Waals surface area contributed by atoms with Crippen molar-refractivity contribution >= 4 is 22.5 Å². The number of para-hydroxylation sites is 1. The standard InChI is InChI=1S/C24H25ClN4O/c25-21-3-1-2-4-24(21)30-12-9-20-14-23(28-27-20)19-8-11-29(16-19)15-17-5-6-22-18(13-17)7-10-26-22/h1-7,10,13-14,19,26H,8-9,11-12,15-16H2,(H,27,28). The van der Waals surface area contributed by atoms with Gasteiger partial charge in [-0.1, -0.05) is 29.8 Å². The van der Waals surface area contributed by atoms with Gasteiger partial charge in [0.15, 0.2) is 0 Å². The van der Waals surface area contributed by atoms with E-state index in [2.05, 4.69) is 50.4 Å². The summed E-state index contributed by atoms with van der Waals surface area (Å²) in [7, 11) is 0. The first kappa shape index (κ1) is 19.2. The minimum Gasteiger partial charge on any atom is -0.492 e. The van der Waals surface area contributed by atoms with Gasteiger partial charge in [-0.2, -0.15) is 5.10 Å². The average molecular weight is 421 g/mol. The maximum atomic E-state index is 6.14. The third-order valence-corrected chi connectivity index (χ3v) is 6.14. The van der Waals surface area contributed by atoms with Crippen LogP contribution in [0.15, 0.2) is 60.8 Å². The lowest BCUT2D eigenvalue weighted by atomic mass is 10.0. The van der Waals surface area contributed by atoms with E-state index in [0.717, 1.165) is 49.6 Å². The van der Waals surface area contributed by atoms with E-state index in [1.807, 2.05) is 30.5 Å². The molecule has 0 radical (unpaired) electrons. The quantitative estimate of drug-likeness (QED) is 0.434. The van der Waals surface area contributed by atoms with Crippen molar-refractivity contribution in [2.24, 2.45) is 0 Å². The predicted molar refractivity (Wildman–Crippen MR) is 120 cm³/mol. The van der Waals surface area contributed by atoms with Crippen LogP contribution in [0.3, 0.4) is 0 Å². The van der Waals surface area contributed by atoms with E-state index in [1.165, 1.54) is 16.5 Å². The molecule has 2 N–H and O–H groups in total. The molecule has 1 fully saturated rings. The minimum absolute atomic E-state index is 0.482. The van der Waals surface area contributed by atoms with E-state index in [9.17, 15) is 0 Å². The van der Waals surface area contributed by atoms with E-state index >= 15 is 0 Å². The van der Waals surface area contributed by atoms with Crippen molar-refractivity contribution in [3.05, 3.63) is 82.8 Å². The van der Waals surface area contributed by atoms with Gasteiger partial charge in [-0.25, -0.2) is 0 Å². The van der Waals surface area contributed by atoms with Crippen molar-refractivity contribution in [3.8, 4) is 5.75 Å². The molecule has 2 aromatic carbocycles. The van der Waals surface area contributed by atoms with Gasteiger partial charge in [0.25, 0.3) is 0 Å². The normalized spacial score (nSPS) is 17.0. The number of fused-ring (bicyclic) bond motifs is 1. The third kappa shape index (κ3) is 4.23. The summed E-state index contributed by atoms with van der Waals surface area (Å²) < 4.78 is 5.79. The lowest BCUT2D eigenvalue weighted by Crippen LogP contribution is -2.19. The van der Waals surface area contributed by atoms with Gasteiger partial charge in [0.2, 0.25) is 0 Å². The van der Waals surface area contributed by atoms with Crippen molar-refractivity contribution in [1.29, 1.82) is 0 Å². The first-order valence-corrected chi connectivity index (χ1v) is 10.8. The number of halogens is 1. The van der Waals surface area contributed by atoms with Gasteiger partial charge in [0.1, 0.15) is 5.75 Å². The van der Waals surface area contributed by atoms with Gasteiger partial charge in [-0.3, -0.25) is 10.00 Å². The van der Waals surface area contributed by atoms with Gasteiger partial charge < -0.3 is 9.72 Å². The fourth-order valence-corrected chi connectivity index (χ4v) is 4.42. The monoisotopic (exact) mass is 420 g/mol. The molecular weight excluding hydrogens is 396 g/mol. The molecule has 5 nitrogen and oxygen atoms in total. The van der Waals surface area contributed by atoms with Gasteiger partial charge in [-0.15, -0.1) is 0 Å². The number of hydrogen-bond acceptors (Lipinski definition) is 3. The van der Waals surface area contributed by atoms with Crippen LogP contribution in [0.25, 0.3) is 10.9 Å². The Kier molecular flexibility index (Phi) is 5.47. The highest BCUT2D eigenvalue weighted by Gasteiger charge is 2.25. The van der Waals surface area contributed by atoms with Crippen LogP contribution in [0, 0.1) is 0 Å². The van der Waals surface area contributed by atoms with E-state index in [-0.39, 0.29) is 0 Å². The predicted octanol–water partition coefficient (Wildman–Crippen LogP) is 5.16. The molecule has 30 heavy (non-hydrogen) atoms.